The van der Waals surface area contributed by atoms with Crippen LogP contribution in [0.15, 0.2) is 33.7 Å². The minimum Gasteiger partial charge on any atom is -0.373 e. The van der Waals surface area contributed by atoms with Crippen LogP contribution in [0, 0.1) is 11.6 Å². The number of aromatic nitrogens is 2. The maximum absolute atomic E-state index is 13.9. The van der Waals surface area contributed by atoms with E-state index >= 15 is 0 Å². The quantitative estimate of drug-likeness (QED) is 0.789. The number of nitrogens with zero attached hydrogens (tertiary/aromatic N) is 3. The van der Waals surface area contributed by atoms with Crippen LogP contribution < -0.4 is 10.5 Å². The molecule has 2 rings (SSSR count). The molecule has 2 aromatic rings. The molecule has 0 aliphatic heterocycles. The number of hydrogen-bond donors (Lipinski definition) is 0. The number of halogens is 3. The molecule has 7 heteroatoms. The van der Waals surface area contributed by atoms with Crippen LogP contribution in [0.25, 0.3) is 0 Å². The van der Waals surface area contributed by atoms with Crippen molar-refractivity contribution in [2.75, 3.05) is 18.5 Å². The first-order valence-electron chi connectivity index (χ1n) is 6.34. The second-order valence-corrected chi connectivity index (χ2v) is 5.40. The zero-order valence-corrected chi connectivity index (χ0v) is 13.2. The molecule has 1 aromatic heterocycles. The van der Waals surface area contributed by atoms with E-state index in [1.54, 1.807) is 0 Å². The third-order valence-corrected chi connectivity index (χ3v) is 3.83. The highest BCUT2D eigenvalue weighted by Crippen LogP contribution is 2.22. The molecular formula is C14H14BrF2N3O. The van der Waals surface area contributed by atoms with Crippen LogP contribution in [0.2, 0.25) is 0 Å². The Labute approximate surface area is 129 Å². The molecule has 0 amide bonds. The molecule has 4 nitrogen and oxygen atoms in total. The Morgan fingerprint density at radius 1 is 1.38 bits per heavy atom. The SMILES string of the molecule is CCN(C)c1cnn(Cc2c(F)ccc(Br)c2F)c(=O)c1. The van der Waals surface area contributed by atoms with E-state index in [1.807, 2.05) is 18.9 Å². The second-order valence-electron chi connectivity index (χ2n) is 4.55. The van der Waals surface area contributed by atoms with Crippen LogP contribution in [0.1, 0.15) is 12.5 Å². The van der Waals surface area contributed by atoms with Crippen LogP contribution in [0.3, 0.4) is 0 Å². The minimum absolute atomic E-state index is 0.147. The lowest BCUT2D eigenvalue weighted by Gasteiger charge is -2.16. The molecule has 0 aliphatic carbocycles. The van der Waals surface area contributed by atoms with Gasteiger partial charge in [0.2, 0.25) is 0 Å². The molecule has 0 radical (unpaired) electrons. The largest absolute Gasteiger partial charge is 0.373 e. The van der Waals surface area contributed by atoms with Gasteiger partial charge in [-0.3, -0.25) is 4.79 Å². The Morgan fingerprint density at radius 2 is 2.10 bits per heavy atom. The fourth-order valence-corrected chi connectivity index (χ4v) is 2.17. The number of anilines is 1. The molecule has 0 unspecified atom stereocenters. The Hall–Kier alpha value is -1.76. The summed E-state index contributed by atoms with van der Waals surface area (Å²) in [6, 6.07) is 3.82. The van der Waals surface area contributed by atoms with Gasteiger partial charge in [-0.05, 0) is 35.0 Å². The normalized spacial score (nSPS) is 10.7. The van der Waals surface area contributed by atoms with E-state index in [2.05, 4.69) is 21.0 Å². The molecule has 0 saturated heterocycles. The van der Waals surface area contributed by atoms with Gasteiger partial charge in [-0.25, -0.2) is 13.5 Å². The third kappa shape index (κ3) is 3.29. The first-order valence-corrected chi connectivity index (χ1v) is 7.14. The lowest BCUT2D eigenvalue weighted by Crippen LogP contribution is -2.26. The van der Waals surface area contributed by atoms with E-state index in [0.717, 1.165) is 17.3 Å². The van der Waals surface area contributed by atoms with E-state index in [-0.39, 0.29) is 16.6 Å². The van der Waals surface area contributed by atoms with Crippen molar-refractivity contribution in [1.82, 2.24) is 9.78 Å². The standard InChI is InChI=1S/C14H14BrF2N3O/c1-3-19(2)9-6-13(21)20(18-7-9)8-10-12(16)5-4-11(15)14(10)17/h4-7H,3,8H2,1-2H3. The molecule has 1 aromatic carbocycles. The van der Waals surface area contributed by atoms with Gasteiger partial charge in [0.1, 0.15) is 11.6 Å². The zero-order valence-electron chi connectivity index (χ0n) is 11.6. The summed E-state index contributed by atoms with van der Waals surface area (Å²) in [4.78, 5) is 13.8. The first-order chi connectivity index (χ1) is 9.93. The molecule has 0 spiro atoms. The van der Waals surface area contributed by atoms with E-state index in [4.69, 9.17) is 0 Å². The summed E-state index contributed by atoms with van der Waals surface area (Å²) in [6.45, 7) is 2.41. The summed E-state index contributed by atoms with van der Waals surface area (Å²) >= 11 is 3.00. The highest BCUT2D eigenvalue weighted by molar-refractivity contribution is 9.10. The summed E-state index contributed by atoms with van der Waals surface area (Å²) in [5.41, 5.74) is 0.0519. The number of rotatable bonds is 4. The Morgan fingerprint density at radius 3 is 2.71 bits per heavy atom. The van der Waals surface area contributed by atoms with Crippen LogP contribution in [0.4, 0.5) is 14.5 Å². The Kier molecular flexibility index (Phi) is 4.72. The molecular weight excluding hydrogens is 344 g/mol. The maximum Gasteiger partial charge on any atom is 0.269 e. The van der Waals surface area contributed by atoms with Crippen LogP contribution in [-0.4, -0.2) is 23.4 Å². The highest BCUT2D eigenvalue weighted by Gasteiger charge is 2.14. The van der Waals surface area contributed by atoms with E-state index in [9.17, 15) is 13.6 Å². The zero-order chi connectivity index (χ0) is 15.6. The first kappa shape index (κ1) is 15.6. The van der Waals surface area contributed by atoms with Crippen molar-refractivity contribution < 1.29 is 8.78 Å². The molecule has 0 saturated carbocycles. The van der Waals surface area contributed by atoms with Crippen molar-refractivity contribution in [2.45, 2.75) is 13.5 Å². The van der Waals surface area contributed by atoms with Gasteiger partial charge >= 0.3 is 0 Å². The van der Waals surface area contributed by atoms with E-state index < -0.39 is 17.2 Å². The molecule has 0 bridgehead atoms. The summed E-state index contributed by atoms with van der Waals surface area (Å²) < 4.78 is 28.8. The van der Waals surface area contributed by atoms with Crippen LogP contribution >= 0.6 is 15.9 Å². The summed E-state index contributed by atoms with van der Waals surface area (Å²) in [6.07, 6.45) is 1.50. The van der Waals surface area contributed by atoms with Gasteiger partial charge < -0.3 is 4.90 Å². The highest BCUT2D eigenvalue weighted by atomic mass is 79.9. The van der Waals surface area contributed by atoms with E-state index in [0.29, 0.717) is 5.69 Å². The lowest BCUT2D eigenvalue weighted by molar-refractivity contribution is 0.521. The van der Waals surface area contributed by atoms with Gasteiger partial charge in [-0.15, -0.1) is 0 Å². The fourth-order valence-electron chi connectivity index (χ4n) is 1.80. The fraction of sp³-hybridized carbons (Fsp3) is 0.286. The topological polar surface area (TPSA) is 38.1 Å². The second kappa shape index (κ2) is 6.34. The van der Waals surface area contributed by atoms with Gasteiger partial charge in [0.15, 0.2) is 0 Å². The Bertz CT molecular complexity index is 718. The predicted molar refractivity (Wildman–Crippen MR) is 80.6 cm³/mol. The minimum atomic E-state index is -0.724. The van der Waals surface area contributed by atoms with Crippen molar-refractivity contribution in [2.24, 2.45) is 0 Å². The molecule has 0 N–H and O–H groups in total. The Balaban J connectivity index is 2.37. The average molecular weight is 358 g/mol. The average Bonchev–Trinajstić information content (AvgIpc) is 2.48. The number of benzene rings is 1. The van der Waals surface area contributed by atoms with Crippen LogP contribution in [-0.2, 0) is 6.54 Å². The number of hydrogen-bond acceptors (Lipinski definition) is 3. The summed E-state index contributed by atoms with van der Waals surface area (Å²) in [5, 5.41) is 3.97. The van der Waals surface area contributed by atoms with Gasteiger partial charge in [0.05, 0.1) is 22.9 Å². The molecule has 1 heterocycles. The van der Waals surface area contributed by atoms with Crippen LogP contribution in [0.5, 0.6) is 0 Å². The van der Waals surface area contributed by atoms with Gasteiger partial charge in [0.25, 0.3) is 5.56 Å². The lowest BCUT2D eigenvalue weighted by atomic mass is 10.2. The molecule has 0 fully saturated rings. The molecule has 0 aliphatic rings. The third-order valence-electron chi connectivity index (χ3n) is 3.22. The molecule has 21 heavy (non-hydrogen) atoms. The molecule has 112 valence electrons. The maximum atomic E-state index is 13.9. The monoisotopic (exact) mass is 357 g/mol. The van der Waals surface area contributed by atoms with Gasteiger partial charge in [-0.1, -0.05) is 0 Å². The van der Waals surface area contributed by atoms with E-state index in [1.165, 1.54) is 18.3 Å². The summed E-state index contributed by atoms with van der Waals surface area (Å²) in [7, 11) is 1.83. The predicted octanol–water partition coefficient (Wildman–Crippen LogP) is 2.79. The smallest absolute Gasteiger partial charge is 0.269 e. The van der Waals surface area contributed by atoms with Gasteiger partial charge in [-0.2, -0.15) is 5.10 Å². The van der Waals surface area contributed by atoms with Crippen molar-refractivity contribution in [3.8, 4) is 0 Å². The van der Waals surface area contributed by atoms with Gasteiger partial charge in [0, 0.05) is 25.2 Å². The van der Waals surface area contributed by atoms with Crippen molar-refractivity contribution in [1.29, 1.82) is 0 Å². The van der Waals surface area contributed by atoms with Crippen molar-refractivity contribution >= 4 is 21.6 Å². The van der Waals surface area contributed by atoms with Crippen molar-refractivity contribution in [3.05, 3.63) is 56.4 Å². The summed E-state index contributed by atoms with van der Waals surface area (Å²) in [5.74, 6) is -1.43. The molecule has 0 atom stereocenters. The van der Waals surface area contributed by atoms with Crippen molar-refractivity contribution in [3.63, 3.8) is 0 Å².